The lowest BCUT2D eigenvalue weighted by Crippen LogP contribution is -2.39. The van der Waals surface area contributed by atoms with Gasteiger partial charge in [-0.05, 0) is 50.8 Å². The molecule has 1 N–H and O–H groups in total. The highest BCUT2D eigenvalue weighted by Gasteiger charge is 2.37. The Bertz CT molecular complexity index is 1140. The van der Waals surface area contributed by atoms with Crippen LogP contribution in [0.5, 0.6) is 0 Å². The van der Waals surface area contributed by atoms with Gasteiger partial charge in [-0.1, -0.05) is 49.3 Å². The van der Waals surface area contributed by atoms with Crippen molar-refractivity contribution in [2.24, 2.45) is 0 Å². The molecule has 2 aromatic rings. The summed E-state index contributed by atoms with van der Waals surface area (Å²) in [6, 6.07) is 3.91. The Labute approximate surface area is 203 Å². The maximum atomic E-state index is 13.4. The number of aryl methyl sites for hydroxylation is 1. The maximum Gasteiger partial charge on any atom is 0.267 e. The van der Waals surface area contributed by atoms with Gasteiger partial charge in [0.1, 0.15) is 15.8 Å². The van der Waals surface area contributed by atoms with Gasteiger partial charge in [0.25, 0.3) is 11.5 Å². The summed E-state index contributed by atoms with van der Waals surface area (Å²) < 4.78 is 7.53. The number of nitrogens with one attached hydrogen (secondary N) is 1. The molecule has 0 atom stereocenters. The molecule has 2 aromatic heterocycles. The molecule has 176 valence electrons. The average molecular weight is 487 g/mol. The molecule has 7 nitrogen and oxygen atoms in total. The van der Waals surface area contributed by atoms with Crippen molar-refractivity contribution in [1.82, 2.24) is 14.3 Å². The first-order valence-electron chi connectivity index (χ1n) is 11.6. The molecule has 2 aliphatic rings. The normalized spacial score (nSPS) is 18.6. The number of aromatic nitrogens is 2. The van der Waals surface area contributed by atoms with Crippen LogP contribution in [0.1, 0.15) is 56.6 Å². The SMILES string of the molecule is CCOCCCNc1nc2c(C)cccn2c(=O)c1C=C1SC(=S)N(C2CCCCC2)C1=O. The van der Waals surface area contributed by atoms with E-state index >= 15 is 0 Å². The first-order chi connectivity index (χ1) is 16.0. The molecule has 9 heteroatoms. The Morgan fingerprint density at radius 1 is 1.30 bits per heavy atom. The van der Waals surface area contributed by atoms with Crippen LogP contribution in [-0.2, 0) is 9.53 Å². The minimum absolute atomic E-state index is 0.104. The Morgan fingerprint density at radius 2 is 2.09 bits per heavy atom. The fourth-order valence-corrected chi connectivity index (χ4v) is 5.75. The zero-order chi connectivity index (χ0) is 23.4. The second-order valence-electron chi connectivity index (χ2n) is 8.38. The van der Waals surface area contributed by atoms with E-state index in [9.17, 15) is 9.59 Å². The van der Waals surface area contributed by atoms with Gasteiger partial charge >= 0.3 is 0 Å². The minimum atomic E-state index is -0.209. The maximum absolute atomic E-state index is 13.4. The molecule has 1 aliphatic heterocycles. The molecule has 3 heterocycles. The van der Waals surface area contributed by atoms with E-state index in [0.717, 1.165) is 37.7 Å². The monoisotopic (exact) mass is 486 g/mol. The summed E-state index contributed by atoms with van der Waals surface area (Å²) in [5, 5.41) is 3.29. The lowest BCUT2D eigenvalue weighted by atomic mass is 9.94. The van der Waals surface area contributed by atoms with Crippen molar-refractivity contribution in [1.29, 1.82) is 0 Å². The first kappa shape index (κ1) is 23.9. The Hall–Kier alpha value is -2.23. The summed E-state index contributed by atoms with van der Waals surface area (Å²) in [4.78, 5) is 33.7. The molecule has 1 saturated heterocycles. The molecular weight excluding hydrogens is 456 g/mol. The number of rotatable bonds is 8. The third-order valence-electron chi connectivity index (χ3n) is 6.09. The lowest BCUT2D eigenvalue weighted by Gasteiger charge is -2.29. The number of carbonyl (C=O) groups is 1. The summed E-state index contributed by atoms with van der Waals surface area (Å²) in [6.45, 7) is 5.80. The summed E-state index contributed by atoms with van der Waals surface area (Å²) in [6.07, 6.45) is 9.55. The number of thiocarbonyl (C=S) groups is 1. The van der Waals surface area contributed by atoms with Crippen molar-refractivity contribution in [3.05, 3.63) is 44.7 Å². The number of hydrogen-bond donors (Lipinski definition) is 1. The van der Waals surface area contributed by atoms with E-state index in [1.165, 1.54) is 22.6 Å². The van der Waals surface area contributed by atoms with Crippen LogP contribution in [0.25, 0.3) is 11.7 Å². The van der Waals surface area contributed by atoms with Crippen LogP contribution in [0, 0.1) is 6.92 Å². The third-order valence-corrected chi connectivity index (χ3v) is 7.42. The molecule has 4 rings (SSSR count). The molecule has 0 aromatic carbocycles. The van der Waals surface area contributed by atoms with Gasteiger partial charge in [-0.15, -0.1) is 0 Å². The highest BCUT2D eigenvalue weighted by atomic mass is 32.2. The van der Waals surface area contributed by atoms with Gasteiger partial charge in [0.05, 0.1) is 10.5 Å². The van der Waals surface area contributed by atoms with Crippen LogP contribution >= 0.6 is 24.0 Å². The molecule has 0 unspecified atom stereocenters. The molecule has 0 radical (unpaired) electrons. The number of carbonyl (C=O) groups excluding carboxylic acids is 1. The van der Waals surface area contributed by atoms with E-state index < -0.39 is 0 Å². The molecule has 0 spiro atoms. The highest BCUT2D eigenvalue weighted by Crippen LogP contribution is 2.37. The number of thioether (sulfide) groups is 1. The van der Waals surface area contributed by atoms with Crippen molar-refractivity contribution >= 4 is 51.7 Å². The van der Waals surface area contributed by atoms with Gasteiger partial charge in [-0.2, -0.15) is 0 Å². The van der Waals surface area contributed by atoms with Crippen molar-refractivity contribution < 1.29 is 9.53 Å². The summed E-state index contributed by atoms with van der Waals surface area (Å²) in [5.74, 6) is 0.377. The van der Waals surface area contributed by atoms with Gasteiger partial charge in [0.2, 0.25) is 0 Å². The second-order valence-corrected chi connectivity index (χ2v) is 10.1. The van der Waals surface area contributed by atoms with Gasteiger partial charge in [-0.25, -0.2) is 4.98 Å². The van der Waals surface area contributed by atoms with Gasteiger partial charge in [-0.3, -0.25) is 18.9 Å². The number of fused-ring (bicyclic) bond motifs is 1. The average Bonchev–Trinajstić information content (AvgIpc) is 3.10. The number of amides is 1. The quantitative estimate of drug-likeness (QED) is 0.337. The van der Waals surface area contributed by atoms with Crippen molar-refractivity contribution in [3.63, 3.8) is 0 Å². The minimum Gasteiger partial charge on any atom is -0.382 e. The molecule has 2 fully saturated rings. The fourth-order valence-electron chi connectivity index (χ4n) is 4.37. The van der Waals surface area contributed by atoms with E-state index in [4.69, 9.17) is 21.9 Å². The topological polar surface area (TPSA) is 75.9 Å². The van der Waals surface area contributed by atoms with Crippen LogP contribution in [0.3, 0.4) is 0 Å². The number of anilines is 1. The zero-order valence-electron chi connectivity index (χ0n) is 19.1. The standard InChI is InChI=1S/C24H30N4O3S2/c1-3-31-14-8-12-25-20-18(22(29)27-13-7-9-16(2)21(27)26-20)15-19-23(30)28(24(32)33-19)17-10-5-4-6-11-17/h7,9,13,15,17,25H,3-6,8,10-12,14H2,1-2H3. The smallest absolute Gasteiger partial charge is 0.267 e. The van der Waals surface area contributed by atoms with Crippen LogP contribution in [-0.4, -0.2) is 50.3 Å². The molecular formula is C24H30N4O3S2. The zero-order valence-corrected chi connectivity index (χ0v) is 20.8. The van der Waals surface area contributed by atoms with Crippen LogP contribution < -0.4 is 10.9 Å². The predicted octanol–water partition coefficient (Wildman–Crippen LogP) is 4.38. The molecule has 1 saturated carbocycles. The van der Waals surface area contributed by atoms with Gasteiger partial charge < -0.3 is 10.1 Å². The van der Waals surface area contributed by atoms with E-state index in [1.54, 1.807) is 17.2 Å². The molecule has 33 heavy (non-hydrogen) atoms. The second kappa shape index (κ2) is 10.8. The number of ether oxygens (including phenoxy) is 1. The fraction of sp³-hybridized carbons (Fsp3) is 0.500. The van der Waals surface area contributed by atoms with Crippen molar-refractivity contribution in [2.45, 2.75) is 58.4 Å². The predicted molar refractivity (Wildman–Crippen MR) is 138 cm³/mol. The van der Waals surface area contributed by atoms with Crippen molar-refractivity contribution in [2.75, 3.05) is 25.1 Å². The summed E-state index contributed by atoms with van der Waals surface area (Å²) in [5.41, 5.74) is 1.67. The largest absolute Gasteiger partial charge is 0.382 e. The van der Waals surface area contributed by atoms with Crippen molar-refractivity contribution in [3.8, 4) is 0 Å². The number of hydrogen-bond acceptors (Lipinski definition) is 7. The molecule has 0 bridgehead atoms. The third kappa shape index (κ3) is 5.15. The molecule has 1 amide bonds. The van der Waals surface area contributed by atoms with E-state index in [0.29, 0.717) is 46.0 Å². The lowest BCUT2D eigenvalue weighted by molar-refractivity contribution is -0.124. The Balaban J connectivity index is 1.69. The Kier molecular flexibility index (Phi) is 7.82. The van der Waals surface area contributed by atoms with E-state index in [2.05, 4.69) is 5.32 Å². The van der Waals surface area contributed by atoms with Gasteiger partial charge in [0, 0.05) is 32.0 Å². The highest BCUT2D eigenvalue weighted by molar-refractivity contribution is 8.26. The van der Waals surface area contributed by atoms with Gasteiger partial charge in [0.15, 0.2) is 0 Å². The summed E-state index contributed by atoms with van der Waals surface area (Å²) >= 11 is 6.84. The van der Waals surface area contributed by atoms with Crippen LogP contribution in [0.2, 0.25) is 0 Å². The van der Waals surface area contributed by atoms with E-state index in [-0.39, 0.29) is 17.5 Å². The number of pyridine rings is 1. The Morgan fingerprint density at radius 3 is 2.85 bits per heavy atom. The molecule has 1 aliphatic carbocycles. The van der Waals surface area contributed by atoms with Crippen LogP contribution in [0.15, 0.2) is 28.0 Å². The van der Waals surface area contributed by atoms with E-state index in [1.807, 2.05) is 26.0 Å². The first-order valence-corrected chi connectivity index (χ1v) is 12.8. The van der Waals surface area contributed by atoms with Crippen LogP contribution in [0.4, 0.5) is 5.82 Å². The summed E-state index contributed by atoms with van der Waals surface area (Å²) in [7, 11) is 0. The number of nitrogens with zero attached hydrogens (tertiary/aromatic N) is 3.